The topological polar surface area (TPSA) is 73.1 Å². The van der Waals surface area contributed by atoms with Crippen LogP contribution in [0.1, 0.15) is 46.2 Å². The first-order valence-electron chi connectivity index (χ1n) is 11.7. The van der Waals surface area contributed by atoms with Crippen LogP contribution in [0.4, 0.5) is 4.39 Å². The van der Waals surface area contributed by atoms with E-state index in [1.807, 2.05) is 46.9 Å². The van der Waals surface area contributed by atoms with Crippen molar-refractivity contribution in [3.8, 4) is 11.6 Å². The molecule has 1 fully saturated rings. The Morgan fingerprint density at radius 1 is 1.14 bits per heavy atom. The van der Waals surface area contributed by atoms with Crippen molar-refractivity contribution in [1.29, 1.82) is 0 Å². The van der Waals surface area contributed by atoms with Crippen molar-refractivity contribution >= 4 is 5.91 Å². The molecule has 1 unspecified atom stereocenters. The Balaban J connectivity index is 1.30. The van der Waals surface area contributed by atoms with Crippen molar-refractivity contribution in [2.45, 2.75) is 32.2 Å². The normalized spacial score (nSPS) is 15.7. The van der Waals surface area contributed by atoms with Crippen molar-refractivity contribution in [3.63, 3.8) is 0 Å². The Kier molecular flexibility index (Phi) is 6.52. The highest BCUT2D eigenvalue weighted by atomic mass is 19.1. The maximum Gasteiger partial charge on any atom is 0.253 e. The third-order valence-corrected chi connectivity index (χ3v) is 6.06. The molecule has 1 saturated heterocycles. The molecule has 2 aromatic heterocycles. The van der Waals surface area contributed by atoms with Crippen molar-refractivity contribution in [2.24, 2.45) is 0 Å². The molecule has 1 amide bonds. The summed E-state index contributed by atoms with van der Waals surface area (Å²) in [5, 5.41) is 0. The fraction of sp³-hybridized carbons (Fsp3) is 0.259. The fourth-order valence-electron chi connectivity index (χ4n) is 4.37. The molecule has 0 bridgehead atoms. The van der Waals surface area contributed by atoms with Gasteiger partial charge in [-0.15, -0.1) is 0 Å². The molecular formula is C27H26FN5O2. The van der Waals surface area contributed by atoms with Gasteiger partial charge >= 0.3 is 0 Å². The number of ether oxygens (including phenoxy) is 1. The van der Waals surface area contributed by atoms with Crippen LogP contribution in [0.25, 0.3) is 0 Å². The number of likely N-dealkylation sites (tertiary alicyclic amines) is 1. The van der Waals surface area contributed by atoms with Crippen LogP contribution in [0.2, 0.25) is 0 Å². The minimum Gasteiger partial charge on any atom is -0.439 e. The van der Waals surface area contributed by atoms with Gasteiger partial charge in [0.1, 0.15) is 17.4 Å². The summed E-state index contributed by atoms with van der Waals surface area (Å²) in [6, 6.07) is 15.3. The number of imidazole rings is 1. The van der Waals surface area contributed by atoms with E-state index in [2.05, 4.69) is 15.0 Å². The summed E-state index contributed by atoms with van der Waals surface area (Å²) in [5.74, 6) is 1.28. The Labute approximate surface area is 203 Å². The second-order valence-electron chi connectivity index (χ2n) is 8.79. The standard InChI is InChI=1S/C27H26FN5O2/c1-19-14-25(35-24-9-7-23(28)8-10-24)31-26(30-19)22-6-3-12-33(17-22)27(34)21-5-2-4-20(15-21)16-32-13-11-29-18-32/h2,4-5,7-11,13-15,18,22H,3,6,12,16-17H2,1H3. The molecule has 178 valence electrons. The predicted molar refractivity (Wildman–Crippen MR) is 129 cm³/mol. The molecule has 35 heavy (non-hydrogen) atoms. The van der Waals surface area contributed by atoms with E-state index in [0.29, 0.717) is 42.7 Å². The fourth-order valence-corrected chi connectivity index (χ4v) is 4.37. The van der Waals surface area contributed by atoms with Crippen molar-refractivity contribution in [1.82, 2.24) is 24.4 Å². The molecular weight excluding hydrogens is 445 g/mol. The Bertz CT molecular complexity index is 1310. The number of hydrogen-bond acceptors (Lipinski definition) is 5. The van der Waals surface area contributed by atoms with E-state index >= 15 is 0 Å². The highest BCUT2D eigenvalue weighted by molar-refractivity contribution is 5.94. The number of carbonyl (C=O) groups is 1. The molecule has 4 aromatic rings. The lowest BCUT2D eigenvalue weighted by Crippen LogP contribution is -2.39. The van der Waals surface area contributed by atoms with E-state index in [0.717, 1.165) is 24.1 Å². The van der Waals surface area contributed by atoms with Gasteiger partial charge < -0.3 is 14.2 Å². The van der Waals surface area contributed by atoms with Crippen LogP contribution >= 0.6 is 0 Å². The van der Waals surface area contributed by atoms with Crippen LogP contribution in [0.5, 0.6) is 11.6 Å². The zero-order valence-corrected chi connectivity index (χ0v) is 19.5. The lowest BCUT2D eigenvalue weighted by atomic mass is 9.96. The third kappa shape index (κ3) is 5.54. The molecule has 5 rings (SSSR count). The Morgan fingerprint density at radius 3 is 2.80 bits per heavy atom. The smallest absolute Gasteiger partial charge is 0.253 e. The predicted octanol–water partition coefficient (Wildman–Crippen LogP) is 4.98. The summed E-state index contributed by atoms with van der Waals surface area (Å²) in [4.78, 5) is 28.6. The number of aromatic nitrogens is 4. The van der Waals surface area contributed by atoms with Crippen LogP contribution in [-0.2, 0) is 6.54 Å². The lowest BCUT2D eigenvalue weighted by Gasteiger charge is -2.32. The molecule has 0 radical (unpaired) electrons. The summed E-state index contributed by atoms with van der Waals surface area (Å²) in [5.41, 5.74) is 2.50. The van der Waals surface area contributed by atoms with E-state index < -0.39 is 0 Å². The zero-order chi connectivity index (χ0) is 24.2. The molecule has 0 spiro atoms. The first kappa shape index (κ1) is 22.7. The molecule has 0 saturated carbocycles. The summed E-state index contributed by atoms with van der Waals surface area (Å²) in [7, 11) is 0. The second-order valence-corrected chi connectivity index (χ2v) is 8.79. The monoisotopic (exact) mass is 471 g/mol. The maximum absolute atomic E-state index is 13.3. The SMILES string of the molecule is Cc1cc(Oc2ccc(F)cc2)nc(C2CCCN(C(=O)c3cccc(Cn4ccnc4)c3)C2)n1. The number of halogens is 1. The van der Waals surface area contributed by atoms with Crippen molar-refractivity contribution in [2.75, 3.05) is 13.1 Å². The van der Waals surface area contributed by atoms with Gasteiger partial charge in [-0.3, -0.25) is 4.79 Å². The van der Waals surface area contributed by atoms with Crippen LogP contribution in [0, 0.1) is 12.7 Å². The average molecular weight is 472 g/mol. The number of carbonyl (C=O) groups excluding carboxylic acids is 1. The Morgan fingerprint density at radius 2 is 2.00 bits per heavy atom. The molecule has 1 aliphatic rings. The van der Waals surface area contributed by atoms with Gasteiger partial charge in [0.2, 0.25) is 5.88 Å². The van der Waals surface area contributed by atoms with Crippen molar-refractivity contribution < 1.29 is 13.9 Å². The Hall–Kier alpha value is -4.07. The summed E-state index contributed by atoms with van der Waals surface area (Å²) >= 11 is 0. The van der Waals surface area contributed by atoms with Gasteiger partial charge in [0.25, 0.3) is 5.91 Å². The molecule has 7 nitrogen and oxygen atoms in total. The molecule has 2 aromatic carbocycles. The van der Waals surface area contributed by atoms with E-state index in [-0.39, 0.29) is 17.6 Å². The van der Waals surface area contributed by atoms with Crippen LogP contribution < -0.4 is 4.74 Å². The molecule has 1 atom stereocenters. The van der Waals surface area contributed by atoms with E-state index in [4.69, 9.17) is 4.74 Å². The van der Waals surface area contributed by atoms with Gasteiger partial charge in [0.15, 0.2) is 0 Å². The van der Waals surface area contributed by atoms with Gasteiger partial charge in [-0.1, -0.05) is 12.1 Å². The van der Waals surface area contributed by atoms with E-state index in [1.54, 1.807) is 30.7 Å². The number of nitrogens with zero attached hydrogens (tertiary/aromatic N) is 5. The van der Waals surface area contributed by atoms with E-state index in [9.17, 15) is 9.18 Å². The first-order valence-corrected chi connectivity index (χ1v) is 11.7. The number of benzene rings is 2. The first-order chi connectivity index (χ1) is 17.0. The largest absolute Gasteiger partial charge is 0.439 e. The minimum absolute atomic E-state index is 0.0114. The average Bonchev–Trinajstić information content (AvgIpc) is 3.38. The van der Waals surface area contributed by atoms with Crippen LogP contribution in [0.3, 0.4) is 0 Å². The molecule has 3 heterocycles. The zero-order valence-electron chi connectivity index (χ0n) is 19.5. The maximum atomic E-state index is 13.3. The quantitative estimate of drug-likeness (QED) is 0.397. The molecule has 0 N–H and O–H groups in total. The summed E-state index contributed by atoms with van der Waals surface area (Å²) < 4.78 is 21.0. The second kappa shape index (κ2) is 10.0. The number of aryl methyl sites for hydroxylation is 1. The number of hydrogen-bond donors (Lipinski definition) is 0. The molecule has 8 heteroatoms. The number of amides is 1. The van der Waals surface area contributed by atoms with Gasteiger partial charge in [0, 0.05) is 55.3 Å². The van der Waals surface area contributed by atoms with Gasteiger partial charge in [-0.2, -0.15) is 4.98 Å². The number of piperidine rings is 1. The highest BCUT2D eigenvalue weighted by Crippen LogP contribution is 2.28. The lowest BCUT2D eigenvalue weighted by molar-refractivity contribution is 0.0704. The summed E-state index contributed by atoms with van der Waals surface area (Å²) in [6.45, 7) is 3.80. The molecule has 0 aliphatic carbocycles. The number of rotatable bonds is 6. The van der Waals surface area contributed by atoms with Crippen LogP contribution in [-0.4, -0.2) is 43.4 Å². The molecule has 1 aliphatic heterocycles. The third-order valence-electron chi connectivity index (χ3n) is 6.06. The summed E-state index contributed by atoms with van der Waals surface area (Å²) in [6.07, 6.45) is 7.17. The van der Waals surface area contributed by atoms with E-state index in [1.165, 1.54) is 12.1 Å². The highest BCUT2D eigenvalue weighted by Gasteiger charge is 2.28. The van der Waals surface area contributed by atoms with Gasteiger partial charge in [0.05, 0.1) is 6.33 Å². The van der Waals surface area contributed by atoms with Gasteiger partial charge in [-0.25, -0.2) is 14.4 Å². The van der Waals surface area contributed by atoms with Crippen LogP contribution in [0.15, 0.2) is 73.3 Å². The van der Waals surface area contributed by atoms with Crippen molar-refractivity contribution in [3.05, 3.63) is 102 Å². The van der Waals surface area contributed by atoms with Gasteiger partial charge in [-0.05, 0) is 61.7 Å². The minimum atomic E-state index is -0.323.